The molecule has 8 heterocycles. The van der Waals surface area contributed by atoms with Crippen molar-refractivity contribution in [3.05, 3.63) is 350 Å². The summed E-state index contributed by atoms with van der Waals surface area (Å²) in [5.74, 6) is 0. The van der Waals surface area contributed by atoms with E-state index in [0.29, 0.717) is 0 Å². The summed E-state index contributed by atoms with van der Waals surface area (Å²) in [6.07, 6.45) is 0. The fourth-order valence-electron chi connectivity index (χ4n) is 24.2. The molecule has 0 atom stereocenters. The largest absolute Gasteiger partial charge is 0.311 e. The molecule has 0 saturated carbocycles. The molecule has 0 spiro atoms. The van der Waals surface area contributed by atoms with Gasteiger partial charge in [0.2, 0.25) is 0 Å². The van der Waals surface area contributed by atoms with Crippen LogP contribution in [0.4, 0.5) is 68.2 Å². The number of nitrogens with zero attached hydrogens (tertiary/aromatic N) is 6. The highest BCUT2D eigenvalue weighted by molar-refractivity contribution is 7.05. The van der Waals surface area contributed by atoms with Gasteiger partial charge >= 0.3 is 0 Å². The Kier molecular flexibility index (Phi) is 14.9. The number of anilines is 12. The second-order valence-electron chi connectivity index (χ2n) is 35.9. The van der Waals surface area contributed by atoms with Crippen molar-refractivity contribution in [2.45, 2.75) is 104 Å². The van der Waals surface area contributed by atoms with Gasteiger partial charge in [-0.3, -0.25) is 0 Å². The summed E-state index contributed by atoms with van der Waals surface area (Å²) in [5, 5.41) is 5.07. The van der Waals surface area contributed by atoms with Crippen molar-refractivity contribution in [2.75, 3.05) is 19.6 Å². The van der Waals surface area contributed by atoms with E-state index in [-0.39, 0.29) is 20.1 Å². The zero-order valence-corrected chi connectivity index (χ0v) is 70.8. The lowest BCUT2D eigenvalue weighted by Crippen LogP contribution is -2.66. The average molecular weight is 1540 g/mol. The zero-order valence-electron chi connectivity index (χ0n) is 70.8. The van der Waals surface area contributed by atoms with E-state index in [0.717, 1.165) is 5.69 Å². The SMILES string of the molecule is Cc1cc(C)c(N2c3cc4c(cc3B3c5cc6c(cc5N(c5c(C)cc(C)cc5C)c5cc(-c7c(C)cccc7C)cc2c53)N(c2c(C)cc(C)cc2C)c2cc(-c3c(C)cccc3C)cc3c2B6c2cccc5c6ccccc6n-3c25)B2c3c(cc(-c5c(C)cccc5C)cc3-n3c5ccccc5c5cccc2c53)N4c2ccccc2)c(C)c1. The predicted molar refractivity (Wildman–Crippen MR) is 515 cm³/mol. The van der Waals surface area contributed by atoms with Gasteiger partial charge in [0.15, 0.2) is 0 Å². The molecule has 6 aliphatic rings. The van der Waals surface area contributed by atoms with Gasteiger partial charge in [-0.25, -0.2) is 0 Å². The van der Waals surface area contributed by atoms with E-state index in [1.165, 1.54) is 284 Å². The Morgan fingerprint density at radius 2 is 0.475 bits per heavy atom. The molecule has 0 N–H and O–H groups in total. The molecule has 572 valence electrons. The highest BCUT2D eigenvalue weighted by Gasteiger charge is 2.52. The number of hydrogen-bond donors (Lipinski definition) is 0. The van der Waals surface area contributed by atoms with Crippen molar-refractivity contribution >= 4 is 181 Å². The first-order valence-corrected chi connectivity index (χ1v) is 42.9. The number of aromatic nitrogens is 2. The molecule has 0 unspecified atom stereocenters. The molecule has 16 aromatic carbocycles. The zero-order chi connectivity index (χ0) is 81.3. The number of aryl methyl sites for hydroxylation is 15. The summed E-state index contributed by atoms with van der Waals surface area (Å²) >= 11 is 0. The molecular formula is C111H89B3N6. The minimum absolute atomic E-state index is 0.181. The second kappa shape index (κ2) is 25.3. The number of benzene rings is 16. The second-order valence-corrected chi connectivity index (χ2v) is 35.9. The molecular weight excluding hydrogens is 1450 g/mol. The molecule has 0 saturated heterocycles. The summed E-state index contributed by atoms with van der Waals surface area (Å²) in [5.41, 5.74) is 59.5. The Labute approximate surface area is 704 Å². The first-order valence-electron chi connectivity index (χ1n) is 42.9. The standard InChI is InChI=1S/C111H89B3N6/c1-60-44-69(10)107(70(11)45-60)118-92-58-91-85(112-83-40-26-38-81-79-36-19-21-42-89(79)116(110(81)83)96-51-75(101-63(4)28-23-29-64(101)5)50-95(104(96)112)115(91)78-34-17-16-18-35-78)56-87(92)114-88-57-86-93(59-94(88)120(109-73(14)48-62(3)49-74(109)15)100-55-77(54-99(118)106(100)114)103-67(8)32-25-33-68(103)9)119(108-71(12)46-61(2)47-72(108)13)98-53-76(102-65(6)30-24-31-66(102)7)52-97-105(98)113(86)84-41-27-39-82-80-37-20-22-43-90(80)117(97)111(82)84/h16-59H,1-15H3. The van der Waals surface area contributed by atoms with Crippen LogP contribution >= 0.6 is 0 Å². The van der Waals surface area contributed by atoms with Crippen molar-refractivity contribution in [3.8, 4) is 44.8 Å². The molecule has 6 nitrogen and oxygen atoms in total. The molecule has 6 aliphatic heterocycles. The first-order chi connectivity index (χ1) is 58.3. The topological polar surface area (TPSA) is 22.8 Å². The van der Waals surface area contributed by atoms with Gasteiger partial charge in [0.25, 0.3) is 20.1 Å². The highest BCUT2D eigenvalue weighted by atomic mass is 15.2. The Balaban J connectivity index is 0.892. The number of fused-ring (bicyclic) bond motifs is 18. The van der Waals surface area contributed by atoms with Gasteiger partial charge in [-0.05, 0) is 326 Å². The molecule has 0 bridgehead atoms. The van der Waals surface area contributed by atoms with Crippen LogP contribution in [0.15, 0.2) is 267 Å². The van der Waals surface area contributed by atoms with E-state index in [4.69, 9.17) is 0 Å². The van der Waals surface area contributed by atoms with Crippen molar-refractivity contribution in [2.24, 2.45) is 0 Å². The van der Waals surface area contributed by atoms with Crippen molar-refractivity contribution in [1.82, 2.24) is 9.13 Å². The summed E-state index contributed by atoms with van der Waals surface area (Å²) in [6.45, 7) is 34.1. The maximum Gasteiger partial charge on any atom is 0.252 e. The van der Waals surface area contributed by atoms with E-state index < -0.39 is 0 Å². The normalized spacial score (nSPS) is 13.5. The third-order valence-electron chi connectivity index (χ3n) is 28.3. The summed E-state index contributed by atoms with van der Waals surface area (Å²) in [6, 6.07) is 106. The molecule has 0 amide bonds. The van der Waals surface area contributed by atoms with Crippen LogP contribution < -0.4 is 68.8 Å². The van der Waals surface area contributed by atoms with Gasteiger partial charge in [-0.15, -0.1) is 0 Å². The molecule has 9 heteroatoms. The molecule has 0 radical (unpaired) electrons. The van der Waals surface area contributed by atoms with Gasteiger partial charge < -0.3 is 28.7 Å². The van der Waals surface area contributed by atoms with E-state index >= 15 is 0 Å². The van der Waals surface area contributed by atoms with Crippen LogP contribution in [-0.4, -0.2) is 29.3 Å². The minimum atomic E-state index is -0.315. The van der Waals surface area contributed by atoms with E-state index in [9.17, 15) is 0 Å². The van der Waals surface area contributed by atoms with Crippen molar-refractivity contribution in [1.29, 1.82) is 0 Å². The number of hydrogen-bond acceptors (Lipinski definition) is 4. The quantitative estimate of drug-likeness (QED) is 0.148. The predicted octanol–water partition coefficient (Wildman–Crippen LogP) is 22.8. The number of rotatable bonds is 7. The Morgan fingerprint density at radius 3 is 0.825 bits per heavy atom. The van der Waals surface area contributed by atoms with Crippen LogP contribution in [0.25, 0.3) is 88.4 Å². The highest BCUT2D eigenvalue weighted by Crippen LogP contribution is 2.55. The lowest BCUT2D eigenvalue weighted by Gasteiger charge is -2.48. The molecule has 2 aromatic heterocycles. The summed E-state index contributed by atoms with van der Waals surface area (Å²) in [4.78, 5) is 11.0. The Bertz CT molecular complexity index is 7590. The van der Waals surface area contributed by atoms with Gasteiger partial charge in [-0.2, -0.15) is 0 Å². The molecule has 120 heavy (non-hydrogen) atoms. The van der Waals surface area contributed by atoms with Crippen molar-refractivity contribution < 1.29 is 0 Å². The Morgan fingerprint density at radius 1 is 0.200 bits per heavy atom. The first kappa shape index (κ1) is 70.7. The van der Waals surface area contributed by atoms with Crippen LogP contribution in [0, 0.1) is 104 Å². The van der Waals surface area contributed by atoms with Gasteiger partial charge in [0.05, 0.1) is 28.1 Å². The maximum atomic E-state index is 2.78. The third-order valence-corrected chi connectivity index (χ3v) is 28.3. The fraction of sp³-hybridized carbons (Fsp3) is 0.135. The summed E-state index contributed by atoms with van der Waals surface area (Å²) < 4.78 is 5.30. The smallest absolute Gasteiger partial charge is 0.252 e. The third kappa shape index (κ3) is 9.55. The van der Waals surface area contributed by atoms with E-state index in [1.807, 2.05) is 0 Å². The average Bonchev–Trinajstić information content (AvgIpc) is 1.27. The van der Waals surface area contributed by atoms with E-state index in [1.54, 1.807) is 0 Å². The molecule has 0 aliphatic carbocycles. The van der Waals surface area contributed by atoms with Crippen LogP contribution in [0.1, 0.15) is 83.5 Å². The lowest BCUT2D eigenvalue weighted by molar-refractivity contribution is 1.16. The molecule has 24 rings (SSSR count). The summed E-state index contributed by atoms with van der Waals surface area (Å²) in [7, 11) is 0. The Hall–Kier alpha value is -13.5. The van der Waals surface area contributed by atoms with Crippen LogP contribution in [0.5, 0.6) is 0 Å². The van der Waals surface area contributed by atoms with E-state index in [2.05, 4.69) is 400 Å². The van der Waals surface area contributed by atoms with Gasteiger partial charge in [0.1, 0.15) is 0 Å². The van der Waals surface area contributed by atoms with Crippen molar-refractivity contribution in [3.63, 3.8) is 0 Å². The fourth-order valence-corrected chi connectivity index (χ4v) is 24.2. The van der Waals surface area contributed by atoms with Crippen LogP contribution in [0.2, 0.25) is 0 Å². The van der Waals surface area contributed by atoms with Gasteiger partial charge in [0, 0.05) is 95.1 Å². The monoisotopic (exact) mass is 1540 g/mol. The molecule has 0 fully saturated rings. The maximum absolute atomic E-state index is 2.78. The molecule has 18 aromatic rings. The van der Waals surface area contributed by atoms with Crippen LogP contribution in [0.3, 0.4) is 0 Å². The van der Waals surface area contributed by atoms with Crippen LogP contribution in [-0.2, 0) is 0 Å². The minimum Gasteiger partial charge on any atom is -0.311 e. The number of para-hydroxylation sites is 5. The lowest BCUT2D eigenvalue weighted by atomic mass is 9.29. The van der Waals surface area contributed by atoms with Gasteiger partial charge in [-0.1, -0.05) is 211 Å².